The minimum atomic E-state index is -0.335. The Labute approximate surface area is 151 Å². The number of hydrogen-bond acceptors (Lipinski definition) is 4. The molecule has 1 fully saturated rings. The number of rotatable bonds is 5. The second kappa shape index (κ2) is 6.37. The molecule has 2 heterocycles. The van der Waals surface area contributed by atoms with Crippen LogP contribution in [0.15, 0.2) is 47.1 Å². The van der Waals surface area contributed by atoms with Gasteiger partial charge in [-0.15, -0.1) is 0 Å². The molecule has 1 saturated carbocycles. The highest BCUT2D eigenvalue weighted by Crippen LogP contribution is 2.43. The first-order chi connectivity index (χ1) is 12.5. The Bertz CT molecular complexity index is 918. The van der Waals surface area contributed by atoms with Gasteiger partial charge in [0.25, 0.3) is 5.91 Å². The molecule has 0 saturated heterocycles. The molecule has 0 aliphatic heterocycles. The number of aromatic nitrogens is 2. The SMILES string of the molecule is CC(C)n1nc(-c2cc(NC(=O)c3ccco3)ccc2O)cc1C1CC1. The van der Waals surface area contributed by atoms with E-state index in [1.54, 1.807) is 30.3 Å². The van der Waals surface area contributed by atoms with Crippen LogP contribution in [0.3, 0.4) is 0 Å². The third kappa shape index (κ3) is 3.10. The van der Waals surface area contributed by atoms with Crippen LogP contribution in [0, 0.1) is 0 Å². The van der Waals surface area contributed by atoms with E-state index in [-0.39, 0.29) is 23.5 Å². The Morgan fingerprint density at radius 1 is 1.31 bits per heavy atom. The minimum Gasteiger partial charge on any atom is -0.507 e. The summed E-state index contributed by atoms with van der Waals surface area (Å²) in [5.74, 6) is 0.595. The second-order valence-corrected chi connectivity index (χ2v) is 6.93. The zero-order valence-electron chi connectivity index (χ0n) is 14.8. The minimum absolute atomic E-state index is 0.136. The van der Waals surface area contributed by atoms with E-state index in [4.69, 9.17) is 9.52 Å². The molecule has 0 atom stereocenters. The summed E-state index contributed by atoms with van der Waals surface area (Å²) in [5, 5.41) is 17.8. The van der Waals surface area contributed by atoms with Gasteiger partial charge in [-0.2, -0.15) is 5.10 Å². The zero-order chi connectivity index (χ0) is 18.3. The van der Waals surface area contributed by atoms with Gasteiger partial charge in [-0.1, -0.05) is 0 Å². The van der Waals surface area contributed by atoms with Crippen LogP contribution in [0.1, 0.15) is 54.9 Å². The number of benzene rings is 1. The lowest BCUT2D eigenvalue weighted by molar-refractivity contribution is 0.0996. The zero-order valence-corrected chi connectivity index (χ0v) is 14.8. The van der Waals surface area contributed by atoms with Crippen molar-refractivity contribution < 1.29 is 14.3 Å². The van der Waals surface area contributed by atoms with Crippen LogP contribution < -0.4 is 5.32 Å². The van der Waals surface area contributed by atoms with E-state index in [0.717, 1.165) is 0 Å². The average molecular weight is 351 g/mol. The molecule has 6 heteroatoms. The van der Waals surface area contributed by atoms with Crippen molar-refractivity contribution in [2.75, 3.05) is 5.32 Å². The first-order valence-corrected chi connectivity index (χ1v) is 8.80. The molecule has 2 aromatic heterocycles. The lowest BCUT2D eigenvalue weighted by atomic mass is 10.1. The van der Waals surface area contributed by atoms with Gasteiger partial charge in [0.2, 0.25) is 0 Å². The molecule has 3 aromatic rings. The quantitative estimate of drug-likeness (QED) is 0.660. The fourth-order valence-electron chi connectivity index (χ4n) is 3.06. The number of aromatic hydroxyl groups is 1. The van der Waals surface area contributed by atoms with Crippen LogP contribution in [0.2, 0.25) is 0 Å². The standard InChI is InChI=1S/C20H21N3O3/c1-12(2)23-17(13-5-6-13)11-16(22-23)15-10-14(7-8-18(15)24)21-20(25)19-4-3-9-26-19/h3-4,7-13,24H,5-6H2,1-2H3,(H,21,25). The number of phenols is 1. The predicted octanol–water partition coefficient (Wildman–Crippen LogP) is 4.56. The highest BCUT2D eigenvalue weighted by molar-refractivity contribution is 6.02. The van der Waals surface area contributed by atoms with Crippen molar-refractivity contribution in [3.8, 4) is 17.0 Å². The Hall–Kier alpha value is -3.02. The maximum Gasteiger partial charge on any atom is 0.291 e. The summed E-state index contributed by atoms with van der Waals surface area (Å²) in [6.45, 7) is 4.20. The molecule has 1 aliphatic rings. The van der Waals surface area contributed by atoms with Crippen LogP contribution in [-0.2, 0) is 0 Å². The Kier molecular flexibility index (Phi) is 4.03. The van der Waals surface area contributed by atoms with Gasteiger partial charge in [0.05, 0.1) is 12.0 Å². The fraction of sp³-hybridized carbons (Fsp3) is 0.300. The fourth-order valence-corrected chi connectivity index (χ4v) is 3.06. The maximum atomic E-state index is 12.2. The molecule has 0 unspecified atom stereocenters. The number of carbonyl (C=O) groups is 1. The molecule has 6 nitrogen and oxygen atoms in total. The van der Waals surface area contributed by atoms with Crippen LogP contribution in [-0.4, -0.2) is 20.8 Å². The van der Waals surface area contributed by atoms with Gasteiger partial charge < -0.3 is 14.8 Å². The van der Waals surface area contributed by atoms with Gasteiger partial charge >= 0.3 is 0 Å². The lowest BCUT2D eigenvalue weighted by Crippen LogP contribution is -2.10. The molecule has 0 spiro atoms. The number of amides is 1. The predicted molar refractivity (Wildman–Crippen MR) is 98.3 cm³/mol. The highest BCUT2D eigenvalue weighted by Gasteiger charge is 2.29. The van der Waals surface area contributed by atoms with Gasteiger partial charge in [-0.05, 0) is 63.1 Å². The van der Waals surface area contributed by atoms with Crippen molar-refractivity contribution >= 4 is 11.6 Å². The molecule has 0 radical (unpaired) electrons. The largest absolute Gasteiger partial charge is 0.507 e. The maximum absolute atomic E-state index is 12.2. The van der Waals surface area contributed by atoms with Gasteiger partial charge in [0.1, 0.15) is 5.75 Å². The molecule has 1 aromatic carbocycles. The molecule has 1 aliphatic carbocycles. The van der Waals surface area contributed by atoms with Crippen LogP contribution in [0.5, 0.6) is 5.75 Å². The van der Waals surface area contributed by atoms with E-state index in [0.29, 0.717) is 22.9 Å². The summed E-state index contributed by atoms with van der Waals surface area (Å²) in [4.78, 5) is 12.2. The topological polar surface area (TPSA) is 80.3 Å². The van der Waals surface area contributed by atoms with E-state index in [2.05, 4.69) is 19.2 Å². The van der Waals surface area contributed by atoms with E-state index < -0.39 is 0 Å². The monoisotopic (exact) mass is 351 g/mol. The molecular formula is C20H21N3O3. The first kappa shape index (κ1) is 16.4. The normalized spacial score (nSPS) is 14.0. The smallest absolute Gasteiger partial charge is 0.291 e. The molecule has 0 bridgehead atoms. The third-order valence-corrected chi connectivity index (χ3v) is 4.52. The third-order valence-electron chi connectivity index (χ3n) is 4.52. The van der Waals surface area contributed by atoms with Gasteiger partial charge in [-0.3, -0.25) is 9.48 Å². The second-order valence-electron chi connectivity index (χ2n) is 6.93. The summed E-state index contributed by atoms with van der Waals surface area (Å²) in [6, 6.07) is 10.5. The summed E-state index contributed by atoms with van der Waals surface area (Å²) >= 11 is 0. The molecule has 2 N–H and O–H groups in total. The van der Waals surface area contributed by atoms with E-state index in [1.165, 1.54) is 24.8 Å². The van der Waals surface area contributed by atoms with E-state index >= 15 is 0 Å². The van der Waals surface area contributed by atoms with E-state index in [9.17, 15) is 9.90 Å². The number of anilines is 1. The lowest BCUT2D eigenvalue weighted by Gasteiger charge is -2.10. The van der Waals surface area contributed by atoms with Crippen molar-refractivity contribution in [3.05, 3.63) is 54.1 Å². The van der Waals surface area contributed by atoms with Crippen molar-refractivity contribution in [1.29, 1.82) is 0 Å². The molecule has 4 rings (SSSR count). The average Bonchev–Trinajstić information content (AvgIpc) is 3.13. The van der Waals surface area contributed by atoms with Crippen LogP contribution in [0.4, 0.5) is 5.69 Å². The summed E-state index contributed by atoms with van der Waals surface area (Å²) < 4.78 is 7.14. The first-order valence-electron chi connectivity index (χ1n) is 8.80. The van der Waals surface area contributed by atoms with E-state index in [1.807, 2.05) is 10.7 Å². The van der Waals surface area contributed by atoms with Crippen molar-refractivity contribution in [3.63, 3.8) is 0 Å². The molecule has 1 amide bonds. The molecule has 134 valence electrons. The Morgan fingerprint density at radius 3 is 2.77 bits per heavy atom. The molecule has 26 heavy (non-hydrogen) atoms. The number of furan rings is 1. The summed E-state index contributed by atoms with van der Waals surface area (Å²) in [7, 11) is 0. The van der Waals surface area contributed by atoms with Crippen molar-refractivity contribution in [1.82, 2.24) is 9.78 Å². The van der Waals surface area contributed by atoms with Crippen LogP contribution >= 0.6 is 0 Å². The highest BCUT2D eigenvalue weighted by atomic mass is 16.3. The van der Waals surface area contributed by atoms with Gasteiger partial charge in [0, 0.05) is 28.9 Å². The Morgan fingerprint density at radius 2 is 2.12 bits per heavy atom. The number of nitrogens with one attached hydrogen (secondary N) is 1. The van der Waals surface area contributed by atoms with Gasteiger partial charge in [-0.25, -0.2) is 0 Å². The van der Waals surface area contributed by atoms with Crippen molar-refractivity contribution in [2.24, 2.45) is 0 Å². The number of nitrogens with zero attached hydrogens (tertiary/aromatic N) is 2. The summed E-state index contributed by atoms with van der Waals surface area (Å²) in [5.41, 5.74) is 3.10. The summed E-state index contributed by atoms with van der Waals surface area (Å²) in [6.07, 6.45) is 3.82. The van der Waals surface area contributed by atoms with Gasteiger partial charge in [0.15, 0.2) is 5.76 Å². The number of carbonyl (C=O) groups excluding carboxylic acids is 1. The van der Waals surface area contributed by atoms with Crippen LogP contribution in [0.25, 0.3) is 11.3 Å². The number of phenolic OH excluding ortho intramolecular Hbond substituents is 1. The number of hydrogen-bond donors (Lipinski definition) is 2. The van der Waals surface area contributed by atoms with Crippen molar-refractivity contribution in [2.45, 2.75) is 38.6 Å². The molecular weight excluding hydrogens is 330 g/mol. The Balaban J connectivity index is 1.66.